The Labute approximate surface area is 186 Å². The van der Waals surface area contributed by atoms with Gasteiger partial charge in [0, 0.05) is 34.6 Å². The highest BCUT2D eigenvalue weighted by Crippen LogP contribution is 2.25. The van der Waals surface area contributed by atoms with E-state index in [0.29, 0.717) is 0 Å². The lowest BCUT2D eigenvalue weighted by Crippen LogP contribution is -2.46. The normalized spacial score (nSPS) is 11.3. The zero-order chi connectivity index (χ0) is 24.8. The Hall–Kier alpha value is -2.73. The van der Waals surface area contributed by atoms with Crippen molar-refractivity contribution in [2.45, 2.75) is 34.6 Å². The molecule has 0 saturated heterocycles. The van der Waals surface area contributed by atoms with Crippen molar-refractivity contribution in [1.82, 2.24) is 0 Å². The lowest BCUT2D eigenvalue weighted by atomic mass is 9.90. The summed E-state index contributed by atoms with van der Waals surface area (Å²) < 4.78 is 30.8. The van der Waals surface area contributed by atoms with Crippen LogP contribution in [0.25, 0.3) is 0 Å². The first kappa shape index (κ1) is 29.3. The number of aliphatic hydroxyl groups excluding tert-OH is 1. The van der Waals surface area contributed by atoms with Gasteiger partial charge in [-0.25, -0.2) is 0 Å². The van der Waals surface area contributed by atoms with Crippen LogP contribution in [-0.4, -0.2) is 87.8 Å². The zero-order valence-electron chi connectivity index (χ0n) is 19.1. The molecule has 0 fully saturated rings. The van der Waals surface area contributed by atoms with Gasteiger partial charge in [-0.15, -0.1) is 0 Å². The summed E-state index contributed by atoms with van der Waals surface area (Å²) in [5.74, 6) is -3.07. The Bertz CT molecular complexity index is 593. The van der Waals surface area contributed by atoms with Gasteiger partial charge in [-0.2, -0.15) is 0 Å². The van der Waals surface area contributed by atoms with E-state index in [9.17, 15) is 29.1 Å². The molecule has 184 valence electrons. The number of ether oxygens (including phenoxy) is 6. The molecule has 32 heavy (non-hydrogen) atoms. The summed E-state index contributed by atoms with van der Waals surface area (Å²) in [6.07, 6.45) is 0. The molecular weight excluding hydrogens is 432 g/mol. The summed E-state index contributed by atoms with van der Waals surface area (Å²) in [4.78, 5) is 56.5. The van der Waals surface area contributed by atoms with Gasteiger partial charge in [-0.1, -0.05) is 0 Å². The maximum absolute atomic E-state index is 11.3. The van der Waals surface area contributed by atoms with Crippen molar-refractivity contribution < 1.29 is 57.5 Å². The van der Waals surface area contributed by atoms with Crippen molar-refractivity contribution in [3.63, 3.8) is 0 Å². The first-order chi connectivity index (χ1) is 14.9. The predicted octanol–water partition coefficient (Wildman–Crippen LogP) is -0.216. The summed E-state index contributed by atoms with van der Waals surface area (Å²) in [7, 11) is 0. The third-order valence-electron chi connectivity index (χ3n) is 4.06. The van der Waals surface area contributed by atoms with Gasteiger partial charge >= 0.3 is 29.8 Å². The van der Waals surface area contributed by atoms with E-state index in [4.69, 9.17) is 28.4 Å². The molecule has 0 aromatic carbocycles. The Morgan fingerprint density at radius 3 is 1.00 bits per heavy atom. The Balaban J connectivity index is 5.56. The van der Waals surface area contributed by atoms with E-state index >= 15 is 0 Å². The summed E-state index contributed by atoms with van der Waals surface area (Å²) in [6.45, 7) is 3.30. The quantitative estimate of drug-likeness (QED) is 0.251. The van der Waals surface area contributed by atoms with E-state index in [-0.39, 0.29) is 46.2 Å². The minimum Gasteiger partial charge on any atom is -0.465 e. The van der Waals surface area contributed by atoms with Crippen LogP contribution in [0.1, 0.15) is 34.6 Å². The maximum atomic E-state index is 11.3. The number of hydrogen-bond acceptors (Lipinski definition) is 12. The second-order valence-corrected chi connectivity index (χ2v) is 7.55. The van der Waals surface area contributed by atoms with Crippen molar-refractivity contribution in [2.24, 2.45) is 10.8 Å². The van der Waals surface area contributed by atoms with Gasteiger partial charge in [0.15, 0.2) is 0 Å². The van der Waals surface area contributed by atoms with E-state index < -0.39 is 47.3 Å². The smallest absolute Gasteiger partial charge is 0.302 e. The number of rotatable bonds is 15. The van der Waals surface area contributed by atoms with Gasteiger partial charge in [0.25, 0.3) is 0 Å². The third kappa shape index (κ3) is 12.8. The summed E-state index contributed by atoms with van der Waals surface area (Å²) in [6, 6.07) is 0. The minimum atomic E-state index is -1.28. The van der Waals surface area contributed by atoms with Gasteiger partial charge in [-0.3, -0.25) is 24.0 Å². The lowest BCUT2D eigenvalue weighted by molar-refractivity contribution is -0.169. The number of carbonyl (C=O) groups excluding carboxylic acids is 5. The molecule has 0 aliphatic carbocycles. The van der Waals surface area contributed by atoms with Gasteiger partial charge in [-0.05, 0) is 0 Å². The van der Waals surface area contributed by atoms with Crippen molar-refractivity contribution in [1.29, 1.82) is 0 Å². The van der Waals surface area contributed by atoms with Gasteiger partial charge in [0.05, 0.1) is 30.7 Å². The van der Waals surface area contributed by atoms with E-state index in [1.54, 1.807) is 0 Å². The van der Waals surface area contributed by atoms with Crippen LogP contribution in [0.4, 0.5) is 0 Å². The molecule has 0 atom stereocenters. The van der Waals surface area contributed by atoms with E-state index in [1.165, 1.54) is 34.6 Å². The molecule has 0 amide bonds. The van der Waals surface area contributed by atoms with Crippen LogP contribution in [0.15, 0.2) is 0 Å². The van der Waals surface area contributed by atoms with E-state index in [2.05, 4.69) is 0 Å². The van der Waals surface area contributed by atoms with Crippen molar-refractivity contribution in [3.8, 4) is 0 Å². The molecule has 0 aliphatic heterocycles. The number of esters is 5. The molecule has 0 saturated carbocycles. The SMILES string of the molecule is CC(=O)OCC(CO)(COCC(COC(C)=O)(COC(C)=O)COC(C)=O)COC(C)=O. The number of aliphatic hydroxyl groups is 1. The maximum Gasteiger partial charge on any atom is 0.302 e. The Kier molecular flexibility index (Phi) is 13.1. The minimum absolute atomic E-state index is 0.247. The van der Waals surface area contributed by atoms with Crippen molar-refractivity contribution in [3.05, 3.63) is 0 Å². The van der Waals surface area contributed by atoms with Crippen LogP contribution < -0.4 is 0 Å². The molecule has 0 aromatic rings. The molecule has 0 radical (unpaired) electrons. The first-order valence-corrected chi connectivity index (χ1v) is 9.71. The predicted molar refractivity (Wildman–Crippen MR) is 106 cm³/mol. The Morgan fingerprint density at radius 1 is 0.500 bits per heavy atom. The topological polar surface area (TPSA) is 161 Å². The van der Waals surface area contributed by atoms with Crippen LogP contribution in [-0.2, 0) is 52.4 Å². The van der Waals surface area contributed by atoms with E-state index in [1.807, 2.05) is 0 Å². The number of hydrogen-bond donors (Lipinski definition) is 1. The van der Waals surface area contributed by atoms with Crippen LogP contribution >= 0.6 is 0 Å². The molecule has 0 spiro atoms. The molecule has 12 nitrogen and oxygen atoms in total. The summed E-state index contributed by atoms with van der Waals surface area (Å²) in [5, 5.41) is 9.89. The van der Waals surface area contributed by atoms with Crippen LogP contribution in [0, 0.1) is 10.8 Å². The molecule has 1 N–H and O–H groups in total. The lowest BCUT2D eigenvalue weighted by Gasteiger charge is -2.34. The highest BCUT2D eigenvalue weighted by molar-refractivity contribution is 5.67. The van der Waals surface area contributed by atoms with Crippen molar-refractivity contribution in [2.75, 3.05) is 52.9 Å². The standard InChI is InChI=1S/C20H32O12/c1-14(22)28-9-19(6-21,10-29-15(2)23)7-27-8-20(11-30-16(3)24,12-31-17(4)25)13-32-18(5)26/h21H,6-13H2,1-5H3. The largest absolute Gasteiger partial charge is 0.465 e. The number of carbonyl (C=O) groups is 5. The molecule has 0 aliphatic rings. The molecule has 0 bridgehead atoms. The first-order valence-electron chi connectivity index (χ1n) is 9.71. The van der Waals surface area contributed by atoms with Crippen molar-refractivity contribution >= 4 is 29.8 Å². The molecule has 12 heteroatoms. The molecule has 0 unspecified atom stereocenters. The van der Waals surface area contributed by atoms with Gasteiger partial charge in [0.1, 0.15) is 33.0 Å². The fourth-order valence-corrected chi connectivity index (χ4v) is 2.27. The summed E-state index contributed by atoms with van der Waals surface area (Å²) >= 11 is 0. The molecule has 0 aromatic heterocycles. The highest BCUT2D eigenvalue weighted by Gasteiger charge is 2.39. The monoisotopic (exact) mass is 464 g/mol. The fraction of sp³-hybridized carbons (Fsp3) is 0.750. The second kappa shape index (κ2) is 14.4. The second-order valence-electron chi connectivity index (χ2n) is 7.55. The molecule has 0 rings (SSSR count). The summed E-state index contributed by atoms with van der Waals surface area (Å²) in [5.41, 5.74) is -2.54. The van der Waals surface area contributed by atoms with Crippen LogP contribution in [0.2, 0.25) is 0 Å². The van der Waals surface area contributed by atoms with E-state index in [0.717, 1.165) is 0 Å². The third-order valence-corrected chi connectivity index (χ3v) is 4.06. The zero-order valence-corrected chi connectivity index (χ0v) is 19.1. The fourth-order valence-electron chi connectivity index (χ4n) is 2.27. The average Bonchev–Trinajstić information content (AvgIpc) is 2.70. The Morgan fingerprint density at radius 2 is 0.750 bits per heavy atom. The average molecular weight is 464 g/mol. The molecular formula is C20H32O12. The van der Waals surface area contributed by atoms with Gasteiger partial charge in [0.2, 0.25) is 0 Å². The van der Waals surface area contributed by atoms with Crippen LogP contribution in [0.5, 0.6) is 0 Å². The van der Waals surface area contributed by atoms with Gasteiger partial charge < -0.3 is 33.5 Å². The molecule has 0 heterocycles. The van der Waals surface area contributed by atoms with Crippen LogP contribution in [0.3, 0.4) is 0 Å². The highest BCUT2D eigenvalue weighted by atomic mass is 16.6.